The van der Waals surface area contributed by atoms with E-state index in [4.69, 9.17) is 0 Å². The average molecular weight is 432 g/mol. The third-order valence-electron chi connectivity index (χ3n) is 5.13. The molecule has 0 radical (unpaired) electrons. The molecular formula is C21H25N3O3S2. The molecule has 1 heterocycles. The van der Waals surface area contributed by atoms with E-state index < -0.39 is 15.9 Å². The molecule has 1 amide bonds. The van der Waals surface area contributed by atoms with Gasteiger partial charge in [-0.3, -0.25) is 4.79 Å². The minimum Gasteiger partial charge on any atom is -0.319 e. The van der Waals surface area contributed by atoms with Crippen LogP contribution in [0.5, 0.6) is 0 Å². The van der Waals surface area contributed by atoms with Crippen molar-refractivity contribution in [1.82, 2.24) is 8.87 Å². The van der Waals surface area contributed by atoms with Crippen molar-refractivity contribution in [2.45, 2.75) is 32.6 Å². The Bertz CT molecular complexity index is 1230. The highest BCUT2D eigenvalue weighted by Crippen LogP contribution is 2.23. The standard InChI is InChI=1S/C21H25N3O3S2/c1-6-24(7-2)29(26,27)17-11-9-16(10-12-17)20(25)22-21-23(5)19-15(4)14(3)8-13-18(19)28-21/h8-13H,6-7H2,1-5H3. The maximum atomic E-state index is 12.7. The van der Waals surface area contributed by atoms with Crippen molar-refractivity contribution >= 4 is 37.5 Å². The normalized spacial score (nSPS) is 12.8. The van der Waals surface area contributed by atoms with Gasteiger partial charge in [-0.15, -0.1) is 0 Å². The molecule has 6 nitrogen and oxygen atoms in total. The minimum atomic E-state index is -3.55. The molecule has 3 rings (SSSR count). The molecule has 0 saturated carbocycles. The largest absolute Gasteiger partial charge is 0.319 e. The lowest BCUT2D eigenvalue weighted by molar-refractivity contribution is 0.0998. The summed E-state index contributed by atoms with van der Waals surface area (Å²) in [5.74, 6) is -0.395. The van der Waals surface area contributed by atoms with E-state index >= 15 is 0 Å². The summed E-state index contributed by atoms with van der Waals surface area (Å²) in [7, 11) is -1.65. The van der Waals surface area contributed by atoms with Gasteiger partial charge in [-0.25, -0.2) is 8.42 Å². The van der Waals surface area contributed by atoms with Crippen LogP contribution in [0.25, 0.3) is 10.2 Å². The van der Waals surface area contributed by atoms with Crippen molar-refractivity contribution in [2.24, 2.45) is 12.0 Å². The Morgan fingerprint density at radius 3 is 2.28 bits per heavy atom. The number of amides is 1. The zero-order chi connectivity index (χ0) is 21.3. The molecule has 0 atom stereocenters. The maximum absolute atomic E-state index is 12.7. The van der Waals surface area contributed by atoms with E-state index in [0.717, 1.165) is 10.2 Å². The first-order valence-corrected chi connectivity index (χ1v) is 11.7. The van der Waals surface area contributed by atoms with Crippen LogP contribution >= 0.6 is 11.3 Å². The Kier molecular flexibility index (Phi) is 6.07. The number of carbonyl (C=O) groups excluding carboxylic acids is 1. The fourth-order valence-electron chi connectivity index (χ4n) is 3.27. The Hall–Kier alpha value is -2.29. The highest BCUT2D eigenvalue weighted by atomic mass is 32.2. The first-order chi connectivity index (χ1) is 13.7. The predicted octanol–water partition coefficient (Wildman–Crippen LogP) is 3.63. The quantitative estimate of drug-likeness (QED) is 0.619. The molecule has 0 saturated heterocycles. The molecule has 0 aliphatic heterocycles. The van der Waals surface area contributed by atoms with Gasteiger partial charge < -0.3 is 4.57 Å². The zero-order valence-corrected chi connectivity index (χ0v) is 18.9. The van der Waals surface area contributed by atoms with Crippen molar-refractivity contribution in [2.75, 3.05) is 13.1 Å². The fraction of sp³-hybridized carbons (Fsp3) is 0.333. The number of fused-ring (bicyclic) bond motifs is 1. The van der Waals surface area contributed by atoms with Crippen molar-refractivity contribution in [3.63, 3.8) is 0 Å². The second kappa shape index (κ2) is 8.22. The van der Waals surface area contributed by atoms with Gasteiger partial charge in [0.1, 0.15) is 0 Å². The summed E-state index contributed by atoms with van der Waals surface area (Å²) >= 11 is 1.46. The summed E-state index contributed by atoms with van der Waals surface area (Å²) < 4.78 is 29.6. The van der Waals surface area contributed by atoms with Crippen LogP contribution in [0.4, 0.5) is 0 Å². The van der Waals surface area contributed by atoms with Crippen LogP contribution in [0.3, 0.4) is 0 Å². The summed E-state index contributed by atoms with van der Waals surface area (Å²) in [6, 6.07) is 10.1. The number of carbonyl (C=O) groups is 1. The Labute approximate surface area is 175 Å². The third kappa shape index (κ3) is 3.92. The second-order valence-electron chi connectivity index (χ2n) is 6.83. The number of aromatic nitrogens is 1. The first kappa shape index (κ1) is 21.4. The van der Waals surface area contributed by atoms with E-state index in [0.29, 0.717) is 23.5 Å². The van der Waals surface area contributed by atoms with Crippen molar-refractivity contribution in [3.05, 3.63) is 57.9 Å². The van der Waals surface area contributed by atoms with Gasteiger partial charge in [-0.05, 0) is 55.3 Å². The van der Waals surface area contributed by atoms with Crippen LogP contribution in [-0.4, -0.2) is 36.3 Å². The van der Waals surface area contributed by atoms with E-state index in [9.17, 15) is 13.2 Å². The molecule has 1 aromatic heterocycles. The summed E-state index contributed by atoms with van der Waals surface area (Å²) in [6.07, 6.45) is 0. The zero-order valence-electron chi connectivity index (χ0n) is 17.3. The number of rotatable bonds is 5. The Morgan fingerprint density at radius 1 is 1.07 bits per heavy atom. The number of hydrogen-bond donors (Lipinski definition) is 0. The lowest BCUT2D eigenvalue weighted by Crippen LogP contribution is -2.30. The molecular weight excluding hydrogens is 406 g/mol. The van der Waals surface area contributed by atoms with Gasteiger partial charge in [-0.1, -0.05) is 31.3 Å². The van der Waals surface area contributed by atoms with E-state index in [1.54, 1.807) is 13.8 Å². The molecule has 0 fully saturated rings. The molecule has 0 N–H and O–H groups in total. The molecule has 29 heavy (non-hydrogen) atoms. The molecule has 0 unspecified atom stereocenters. The summed E-state index contributed by atoms with van der Waals surface area (Å²) in [5, 5.41) is 0. The number of benzene rings is 2. The molecule has 0 aliphatic rings. The number of hydrogen-bond acceptors (Lipinski definition) is 4. The van der Waals surface area contributed by atoms with Gasteiger partial charge in [0.05, 0.1) is 15.1 Å². The lowest BCUT2D eigenvalue weighted by Gasteiger charge is -2.18. The fourth-order valence-corrected chi connectivity index (χ4v) is 5.80. The van der Waals surface area contributed by atoms with E-state index in [2.05, 4.69) is 24.9 Å². The molecule has 154 valence electrons. The van der Waals surface area contributed by atoms with Crippen molar-refractivity contribution < 1.29 is 13.2 Å². The highest BCUT2D eigenvalue weighted by Gasteiger charge is 2.21. The predicted molar refractivity (Wildman–Crippen MR) is 117 cm³/mol. The Morgan fingerprint density at radius 2 is 1.69 bits per heavy atom. The average Bonchev–Trinajstić information content (AvgIpc) is 3.01. The van der Waals surface area contributed by atoms with Gasteiger partial charge in [-0.2, -0.15) is 9.30 Å². The van der Waals surface area contributed by atoms with Crippen LogP contribution < -0.4 is 4.80 Å². The van der Waals surface area contributed by atoms with Crippen LogP contribution in [0.2, 0.25) is 0 Å². The van der Waals surface area contributed by atoms with Crippen LogP contribution in [0, 0.1) is 13.8 Å². The summed E-state index contributed by atoms with van der Waals surface area (Å²) in [5.41, 5.74) is 3.78. The molecule has 0 spiro atoms. The molecule has 0 aliphatic carbocycles. The molecule has 8 heteroatoms. The summed E-state index contributed by atoms with van der Waals surface area (Å²) in [4.78, 5) is 17.7. The minimum absolute atomic E-state index is 0.177. The van der Waals surface area contributed by atoms with Gasteiger partial charge in [0.2, 0.25) is 10.0 Å². The van der Waals surface area contributed by atoms with Crippen molar-refractivity contribution in [1.29, 1.82) is 0 Å². The SMILES string of the molecule is CCN(CC)S(=O)(=O)c1ccc(C(=O)N=c2sc3ccc(C)c(C)c3n2C)cc1. The van der Waals surface area contributed by atoms with Gasteiger partial charge in [0.15, 0.2) is 4.80 Å². The smallest absolute Gasteiger partial charge is 0.279 e. The Balaban J connectivity index is 1.97. The van der Waals surface area contributed by atoms with Crippen LogP contribution in [0.1, 0.15) is 35.3 Å². The first-order valence-electron chi connectivity index (χ1n) is 9.45. The van der Waals surface area contributed by atoms with E-state index in [1.807, 2.05) is 17.7 Å². The highest BCUT2D eigenvalue weighted by molar-refractivity contribution is 7.89. The third-order valence-corrected chi connectivity index (χ3v) is 8.29. The number of thiazole rings is 1. The van der Waals surface area contributed by atoms with E-state index in [-0.39, 0.29) is 4.90 Å². The van der Waals surface area contributed by atoms with E-state index in [1.165, 1.54) is 51.0 Å². The monoisotopic (exact) mass is 431 g/mol. The maximum Gasteiger partial charge on any atom is 0.279 e. The lowest BCUT2D eigenvalue weighted by atomic mass is 10.1. The molecule has 0 bridgehead atoms. The van der Waals surface area contributed by atoms with Crippen LogP contribution in [0.15, 0.2) is 46.3 Å². The van der Waals surface area contributed by atoms with Gasteiger partial charge in [0, 0.05) is 25.7 Å². The number of aryl methyl sites for hydroxylation is 3. The topological polar surface area (TPSA) is 71.7 Å². The second-order valence-corrected chi connectivity index (χ2v) is 9.78. The van der Waals surface area contributed by atoms with Gasteiger partial charge in [0.25, 0.3) is 5.91 Å². The van der Waals surface area contributed by atoms with Gasteiger partial charge >= 0.3 is 0 Å². The van der Waals surface area contributed by atoms with Crippen molar-refractivity contribution in [3.8, 4) is 0 Å². The summed E-state index contributed by atoms with van der Waals surface area (Å²) in [6.45, 7) is 8.51. The molecule has 2 aromatic carbocycles. The number of sulfonamides is 1. The van der Waals surface area contributed by atoms with Crippen LogP contribution in [-0.2, 0) is 17.1 Å². The number of nitrogens with zero attached hydrogens (tertiary/aromatic N) is 3. The molecule has 3 aromatic rings.